The fourth-order valence-electron chi connectivity index (χ4n) is 1.96. The van der Waals surface area contributed by atoms with E-state index in [-0.39, 0.29) is 0 Å². The van der Waals surface area contributed by atoms with E-state index in [1.165, 1.54) is 0 Å². The molecule has 1 amide bonds. The Labute approximate surface area is 103 Å². The van der Waals surface area contributed by atoms with Gasteiger partial charge in [0.15, 0.2) is 5.58 Å². The molecular formula is C14H10N2O2. The van der Waals surface area contributed by atoms with Crippen LogP contribution in [-0.2, 0) is 4.79 Å². The fraction of sp³-hybridized carbons (Fsp3) is 0. The minimum absolute atomic E-state index is 0.654. The van der Waals surface area contributed by atoms with Gasteiger partial charge in [-0.3, -0.25) is 4.79 Å². The number of carbonyl (C=O) groups excluding carboxylic acids is 1. The third-order valence-corrected chi connectivity index (χ3v) is 2.77. The number of para-hydroxylation sites is 2. The molecule has 1 N–H and O–H groups in total. The van der Waals surface area contributed by atoms with Crippen molar-refractivity contribution in [2.45, 2.75) is 0 Å². The van der Waals surface area contributed by atoms with E-state index in [2.05, 4.69) is 10.5 Å². The standard InChI is InChI=1S/C14H10N2O2/c17-9-15-12-7-3-1-5-10(12)14-11-6-2-4-8-13(11)18-16-14/h1-9H,(H,15,17). The number of aromatic nitrogens is 1. The Bertz CT molecular complexity index is 704. The maximum absolute atomic E-state index is 10.6. The van der Waals surface area contributed by atoms with E-state index in [9.17, 15) is 4.79 Å². The summed E-state index contributed by atoms with van der Waals surface area (Å²) in [7, 11) is 0. The van der Waals surface area contributed by atoms with Gasteiger partial charge in [0.2, 0.25) is 6.41 Å². The van der Waals surface area contributed by atoms with Gasteiger partial charge in [0, 0.05) is 10.9 Å². The molecule has 0 spiro atoms. The number of nitrogens with zero attached hydrogens (tertiary/aromatic N) is 1. The molecule has 4 nitrogen and oxygen atoms in total. The van der Waals surface area contributed by atoms with Gasteiger partial charge in [-0.2, -0.15) is 0 Å². The first-order valence-corrected chi connectivity index (χ1v) is 5.54. The Hall–Kier alpha value is -2.62. The lowest BCUT2D eigenvalue weighted by Gasteiger charge is -2.04. The molecule has 0 atom stereocenters. The van der Waals surface area contributed by atoms with Gasteiger partial charge in [-0.15, -0.1) is 0 Å². The van der Waals surface area contributed by atoms with Gasteiger partial charge >= 0.3 is 0 Å². The van der Waals surface area contributed by atoms with Gasteiger partial charge in [-0.05, 0) is 18.2 Å². The predicted molar refractivity (Wildman–Crippen MR) is 69.1 cm³/mol. The molecule has 88 valence electrons. The summed E-state index contributed by atoms with van der Waals surface area (Å²) < 4.78 is 5.27. The number of nitrogens with one attached hydrogen (secondary N) is 1. The van der Waals surface area contributed by atoms with Crippen LogP contribution in [0.3, 0.4) is 0 Å². The number of carbonyl (C=O) groups is 1. The van der Waals surface area contributed by atoms with E-state index in [4.69, 9.17) is 4.52 Å². The highest BCUT2D eigenvalue weighted by atomic mass is 16.5. The molecule has 0 aliphatic carbocycles. The summed E-state index contributed by atoms with van der Waals surface area (Å²) in [6.07, 6.45) is 0.654. The second-order valence-electron chi connectivity index (χ2n) is 3.84. The van der Waals surface area contributed by atoms with Gasteiger partial charge < -0.3 is 9.84 Å². The molecule has 0 unspecified atom stereocenters. The van der Waals surface area contributed by atoms with Crippen molar-refractivity contribution >= 4 is 23.1 Å². The second kappa shape index (κ2) is 4.33. The first-order valence-electron chi connectivity index (χ1n) is 5.54. The van der Waals surface area contributed by atoms with Crippen LogP contribution in [0.4, 0.5) is 5.69 Å². The topological polar surface area (TPSA) is 55.1 Å². The molecular weight excluding hydrogens is 228 g/mol. The number of hydrogen-bond donors (Lipinski definition) is 1. The monoisotopic (exact) mass is 238 g/mol. The lowest BCUT2D eigenvalue weighted by atomic mass is 10.1. The van der Waals surface area contributed by atoms with Crippen LogP contribution in [0.25, 0.3) is 22.2 Å². The summed E-state index contributed by atoms with van der Waals surface area (Å²) >= 11 is 0. The summed E-state index contributed by atoms with van der Waals surface area (Å²) in [4.78, 5) is 10.6. The zero-order valence-electron chi connectivity index (χ0n) is 9.46. The molecule has 0 saturated heterocycles. The van der Waals surface area contributed by atoms with Crippen LogP contribution in [0.2, 0.25) is 0 Å². The zero-order chi connectivity index (χ0) is 12.4. The average Bonchev–Trinajstić information content (AvgIpc) is 2.84. The molecule has 1 aromatic heterocycles. The van der Waals surface area contributed by atoms with E-state index in [0.717, 1.165) is 22.2 Å². The van der Waals surface area contributed by atoms with Crippen LogP contribution in [0.1, 0.15) is 0 Å². The summed E-state index contributed by atoms with van der Waals surface area (Å²) in [6, 6.07) is 15.1. The van der Waals surface area contributed by atoms with Crippen molar-refractivity contribution in [2.24, 2.45) is 0 Å². The van der Waals surface area contributed by atoms with E-state index < -0.39 is 0 Å². The quantitative estimate of drug-likeness (QED) is 0.713. The van der Waals surface area contributed by atoms with E-state index in [0.29, 0.717) is 12.1 Å². The Morgan fingerprint density at radius 1 is 1.06 bits per heavy atom. The Balaban J connectivity index is 2.23. The highest BCUT2D eigenvalue weighted by Crippen LogP contribution is 2.32. The number of rotatable bonds is 3. The van der Waals surface area contributed by atoms with E-state index >= 15 is 0 Å². The summed E-state index contributed by atoms with van der Waals surface area (Å²) in [5.41, 5.74) is 3.02. The molecule has 0 aliphatic heterocycles. The fourth-order valence-corrected chi connectivity index (χ4v) is 1.96. The van der Waals surface area contributed by atoms with Crippen LogP contribution in [0.15, 0.2) is 53.1 Å². The maximum Gasteiger partial charge on any atom is 0.211 e. The molecule has 18 heavy (non-hydrogen) atoms. The van der Waals surface area contributed by atoms with Crippen molar-refractivity contribution in [3.05, 3.63) is 48.5 Å². The largest absolute Gasteiger partial charge is 0.356 e. The van der Waals surface area contributed by atoms with Crippen molar-refractivity contribution in [1.29, 1.82) is 0 Å². The van der Waals surface area contributed by atoms with Crippen molar-refractivity contribution in [2.75, 3.05) is 5.32 Å². The third kappa shape index (κ3) is 1.64. The Kier molecular flexibility index (Phi) is 2.53. The Morgan fingerprint density at radius 3 is 2.72 bits per heavy atom. The number of anilines is 1. The molecule has 0 fully saturated rings. The van der Waals surface area contributed by atoms with E-state index in [1.807, 2.05) is 48.5 Å². The van der Waals surface area contributed by atoms with Gasteiger partial charge in [0.25, 0.3) is 0 Å². The third-order valence-electron chi connectivity index (χ3n) is 2.77. The normalized spacial score (nSPS) is 10.4. The van der Waals surface area contributed by atoms with Gasteiger partial charge in [-0.1, -0.05) is 35.5 Å². The summed E-state index contributed by atoms with van der Waals surface area (Å²) in [5, 5.41) is 7.67. The van der Waals surface area contributed by atoms with Gasteiger partial charge in [0.05, 0.1) is 5.69 Å². The SMILES string of the molecule is O=CNc1ccccc1-c1noc2ccccc12. The minimum Gasteiger partial charge on any atom is -0.356 e. The van der Waals surface area contributed by atoms with Gasteiger partial charge in [0.1, 0.15) is 5.69 Å². The summed E-state index contributed by atoms with van der Waals surface area (Å²) in [5.74, 6) is 0. The highest BCUT2D eigenvalue weighted by molar-refractivity contribution is 5.96. The average molecular weight is 238 g/mol. The van der Waals surface area contributed by atoms with Crippen LogP contribution in [0, 0.1) is 0 Å². The molecule has 3 rings (SSSR count). The number of benzene rings is 2. The molecule has 0 aliphatic rings. The number of amides is 1. The van der Waals surface area contributed by atoms with Crippen LogP contribution in [0.5, 0.6) is 0 Å². The molecule has 1 heterocycles. The first kappa shape index (κ1) is 10.5. The molecule has 0 bridgehead atoms. The maximum atomic E-state index is 10.6. The highest BCUT2D eigenvalue weighted by Gasteiger charge is 2.12. The Morgan fingerprint density at radius 2 is 1.83 bits per heavy atom. The molecule has 0 radical (unpaired) electrons. The number of hydrogen-bond acceptors (Lipinski definition) is 3. The smallest absolute Gasteiger partial charge is 0.211 e. The van der Waals surface area contributed by atoms with Crippen LogP contribution < -0.4 is 5.32 Å². The molecule has 0 saturated carbocycles. The van der Waals surface area contributed by atoms with Crippen molar-refractivity contribution in [3.8, 4) is 11.3 Å². The van der Waals surface area contributed by atoms with E-state index in [1.54, 1.807) is 0 Å². The van der Waals surface area contributed by atoms with Crippen molar-refractivity contribution in [1.82, 2.24) is 5.16 Å². The number of fused-ring (bicyclic) bond motifs is 1. The molecule has 4 heteroatoms. The van der Waals surface area contributed by atoms with Crippen LogP contribution >= 0.6 is 0 Å². The second-order valence-corrected chi connectivity index (χ2v) is 3.84. The predicted octanol–water partition coefficient (Wildman–Crippen LogP) is 3.06. The first-order chi connectivity index (χ1) is 8.90. The molecule has 2 aromatic carbocycles. The zero-order valence-corrected chi connectivity index (χ0v) is 9.46. The van der Waals surface area contributed by atoms with Crippen molar-refractivity contribution in [3.63, 3.8) is 0 Å². The van der Waals surface area contributed by atoms with Crippen LogP contribution in [-0.4, -0.2) is 11.6 Å². The van der Waals surface area contributed by atoms with Crippen molar-refractivity contribution < 1.29 is 9.32 Å². The van der Waals surface area contributed by atoms with Gasteiger partial charge in [-0.25, -0.2) is 0 Å². The summed E-state index contributed by atoms with van der Waals surface area (Å²) in [6.45, 7) is 0. The molecule has 3 aromatic rings. The lowest BCUT2D eigenvalue weighted by molar-refractivity contribution is -0.105. The lowest BCUT2D eigenvalue weighted by Crippen LogP contribution is -1.96. The minimum atomic E-state index is 0.654.